The monoisotopic (exact) mass is 467 g/mol. The molecule has 2 aromatic carbocycles. The maximum atomic E-state index is 13.3. The molecule has 6 nitrogen and oxygen atoms in total. The fourth-order valence-corrected chi connectivity index (χ4v) is 4.13. The highest BCUT2D eigenvalue weighted by atomic mass is 35.5. The van der Waals surface area contributed by atoms with Crippen LogP contribution < -0.4 is 4.83 Å². The standard InChI is InChI=1S/C20H13ClF3N3O3S/c21-16-11-13(8-9-15(16)18-7-4-10-30-18)17-12-19(20(22,23)24)25-27(17)26-31(28,29)14-5-2-1-3-6-14/h1-12,26H. The first-order chi connectivity index (χ1) is 14.6. The van der Waals surface area contributed by atoms with Crippen LogP contribution in [-0.4, -0.2) is 18.3 Å². The molecular formula is C20H13ClF3N3O3S. The van der Waals surface area contributed by atoms with Crippen molar-refractivity contribution in [3.8, 4) is 22.6 Å². The van der Waals surface area contributed by atoms with E-state index in [1.54, 1.807) is 24.3 Å². The molecule has 0 saturated carbocycles. The van der Waals surface area contributed by atoms with E-state index < -0.39 is 21.9 Å². The number of hydrogen-bond donors (Lipinski definition) is 1. The molecule has 160 valence electrons. The predicted octanol–water partition coefficient (Wildman–Crippen LogP) is 5.41. The van der Waals surface area contributed by atoms with Gasteiger partial charge in [0.1, 0.15) is 5.76 Å². The van der Waals surface area contributed by atoms with E-state index in [2.05, 4.69) is 9.93 Å². The summed E-state index contributed by atoms with van der Waals surface area (Å²) in [5, 5.41) is 3.62. The molecule has 0 spiro atoms. The van der Waals surface area contributed by atoms with E-state index in [-0.39, 0.29) is 21.2 Å². The summed E-state index contributed by atoms with van der Waals surface area (Å²) in [5.41, 5.74) is -0.648. The van der Waals surface area contributed by atoms with Crippen molar-refractivity contribution in [1.29, 1.82) is 0 Å². The highest BCUT2D eigenvalue weighted by Crippen LogP contribution is 2.35. The molecule has 1 N–H and O–H groups in total. The Bertz CT molecular complexity index is 1320. The molecule has 2 aromatic heterocycles. The number of alkyl halides is 3. The number of sulfonamides is 1. The third kappa shape index (κ3) is 4.30. The van der Waals surface area contributed by atoms with Gasteiger partial charge in [0.25, 0.3) is 10.0 Å². The normalized spacial score (nSPS) is 12.1. The topological polar surface area (TPSA) is 77.1 Å². The van der Waals surface area contributed by atoms with Crippen LogP contribution in [0.5, 0.6) is 0 Å². The number of furan rings is 1. The first-order valence-electron chi connectivity index (χ1n) is 8.74. The van der Waals surface area contributed by atoms with Crippen molar-refractivity contribution in [3.05, 3.63) is 83.7 Å². The van der Waals surface area contributed by atoms with E-state index in [0.29, 0.717) is 16.1 Å². The Hall–Kier alpha value is -3.24. The summed E-state index contributed by atoms with van der Waals surface area (Å²) < 4.78 is 70.4. The molecule has 0 aliphatic rings. The fourth-order valence-electron chi connectivity index (χ4n) is 2.87. The molecule has 0 aliphatic heterocycles. The van der Waals surface area contributed by atoms with E-state index >= 15 is 0 Å². The van der Waals surface area contributed by atoms with Crippen molar-refractivity contribution >= 4 is 21.6 Å². The molecule has 0 saturated heterocycles. The molecule has 0 radical (unpaired) electrons. The number of aromatic nitrogens is 2. The zero-order chi connectivity index (χ0) is 22.2. The number of hydrogen-bond acceptors (Lipinski definition) is 4. The average molecular weight is 468 g/mol. The van der Waals surface area contributed by atoms with Gasteiger partial charge >= 0.3 is 6.18 Å². The van der Waals surface area contributed by atoms with Crippen molar-refractivity contribution in [2.45, 2.75) is 11.1 Å². The maximum absolute atomic E-state index is 13.3. The predicted molar refractivity (Wildman–Crippen MR) is 108 cm³/mol. The third-order valence-corrected chi connectivity index (χ3v) is 5.93. The Labute approximate surface area is 179 Å². The van der Waals surface area contributed by atoms with Crippen molar-refractivity contribution in [2.24, 2.45) is 0 Å². The van der Waals surface area contributed by atoms with Gasteiger partial charge in [-0.3, -0.25) is 0 Å². The smallest absolute Gasteiger partial charge is 0.435 e. The van der Waals surface area contributed by atoms with E-state index in [1.165, 1.54) is 42.7 Å². The van der Waals surface area contributed by atoms with Crippen LogP contribution in [0.4, 0.5) is 13.2 Å². The Morgan fingerprint density at radius 2 is 1.74 bits per heavy atom. The summed E-state index contributed by atoms with van der Waals surface area (Å²) in [6.07, 6.45) is -3.32. The number of nitrogens with one attached hydrogen (secondary N) is 1. The van der Waals surface area contributed by atoms with Crippen LogP contribution in [0, 0.1) is 0 Å². The molecule has 0 amide bonds. The van der Waals surface area contributed by atoms with Gasteiger partial charge in [0.15, 0.2) is 5.69 Å². The van der Waals surface area contributed by atoms with Gasteiger partial charge in [-0.2, -0.15) is 31.2 Å². The summed E-state index contributed by atoms with van der Waals surface area (Å²) in [4.78, 5) is 2.52. The fraction of sp³-hybridized carbons (Fsp3) is 0.0500. The molecule has 0 aliphatic carbocycles. The largest absolute Gasteiger partial charge is 0.464 e. The van der Waals surface area contributed by atoms with Gasteiger partial charge in [0, 0.05) is 11.1 Å². The van der Waals surface area contributed by atoms with Crippen LogP contribution in [0.2, 0.25) is 5.02 Å². The Morgan fingerprint density at radius 1 is 1.00 bits per heavy atom. The van der Waals surface area contributed by atoms with Gasteiger partial charge in [-0.15, -0.1) is 5.10 Å². The molecule has 4 aromatic rings. The molecule has 0 unspecified atom stereocenters. The summed E-state index contributed by atoms with van der Waals surface area (Å²) in [6, 6.07) is 15.8. The molecule has 31 heavy (non-hydrogen) atoms. The van der Waals surface area contributed by atoms with Gasteiger partial charge in [-0.25, -0.2) is 0 Å². The van der Waals surface area contributed by atoms with Crippen molar-refractivity contribution in [2.75, 3.05) is 4.83 Å². The van der Waals surface area contributed by atoms with Gasteiger partial charge in [0.2, 0.25) is 0 Å². The Kier molecular flexibility index (Phi) is 5.28. The highest BCUT2D eigenvalue weighted by molar-refractivity contribution is 7.92. The molecule has 0 atom stereocenters. The first-order valence-corrected chi connectivity index (χ1v) is 10.6. The highest BCUT2D eigenvalue weighted by Gasteiger charge is 2.36. The van der Waals surface area contributed by atoms with E-state index in [0.717, 1.165) is 6.07 Å². The SMILES string of the molecule is O=S(=O)(Nn1nc(C(F)(F)F)cc1-c1ccc(-c2ccco2)c(Cl)c1)c1ccccc1. The lowest BCUT2D eigenvalue weighted by molar-refractivity contribution is -0.141. The second-order valence-electron chi connectivity index (χ2n) is 6.40. The number of rotatable bonds is 5. The van der Waals surface area contributed by atoms with Gasteiger partial charge in [0.05, 0.1) is 21.9 Å². The summed E-state index contributed by atoms with van der Waals surface area (Å²) >= 11 is 6.30. The van der Waals surface area contributed by atoms with Crippen LogP contribution in [0.25, 0.3) is 22.6 Å². The zero-order valence-corrected chi connectivity index (χ0v) is 17.0. The Balaban J connectivity index is 1.79. The number of benzene rings is 2. The van der Waals surface area contributed by atoms with Crippen LogP contribution in [0.15, 0.2) is 82.3 Å². The molecular weight excluding hydrogens is 455 g/mol. The average Bonchev–Trinajstić information content (AvgIpc) is 3.38. The molecule has 2 heterocycles. The Morgan fingerprint density at radius 3 is 2.35 bits per heavy atom. The van der Waals surface area contributed by atoms with Gasteiger partial charge in [-0.05, 0) is 42.5 Å². The van der Waals surface area contributed by atoms with E-state index in [9.17, 15) is 21.6 Å². The number of halogens is 4. The van der Waals surface area contributed by atoms with Crippen LogP contribution in [-0.2, 0) is 16.2 Å². The lowest BCUT2D eigenvalue weighted by atomic mass is 10.1. The quantitative estimate of drug-likeness (QED) is 0.425. The maximum Gasteiger partial charge on any atom is 0.435 e. The summed E-state index contributed by atoms with van der Waals surface area (Å²) in [7, 11) is -4.19. The van der Waals surface area contributed by atoms with Crippen LogP contribution in [0.1, 0.15) is 5.69 Å². The second-order valence-corrected chi connectivity index (χ2v) is 8.47. The minimum absolute atomic E-state index is 0.129. The van der Waals surface area contributed by atoms with E-state index in [4.69, 9.17) is 16.0 Å². The van der Waals surface area contributed by atoms with Gasteiger partial charge < -0.3 is 4.42 Å². The first kappa shape index (κ1) is 21.0. The minimum atomic E-state index is -4.78. The summed E-state index contributed by atoms with van der Waals surface area (Å²) in [5.74, 6) is 0.478. The van der Waals surface area contributed by atoms with Crippen LogP contribution in [0.3, 0.4) is 0 Å². The van der Waals surface area contributed by atoms with Crippen molar-refractivity contribution < 1.29 is 26.0 Å². The summed E-state index contributed by atoms with van der Waals surface area (Å²) in [6.45, 7) is 0. The lowest BCUT2D eigenvalue weighted by Crippen LogP contribution is -2.25. The molecule has 0 fully saturated rings. The lowest BCUT2D eigenvalue weighted by Gasteiger charge is -2.12. The van der Waals surface area contributed by atoms with Crippen molar-refractivity contribution in [3.63, 3.8) is 0 Å². The van der Waals surface area contributed by atoms with E-state index in [1.807, 2.05) is 0 Å². The second kappa shape index (κ2) is 7.78. The zero-order valence-electron chi connectivity index (χ0n) is 15.5. The number of nitrogens with zero attached hydrogens (tertiary/aromatic N) is 2. The van der Waals surface area contributed by atoms with Crippen LogP contribution >= 0.6 is 11.6 Å². The van der Waals surface area contributed by atoms with Crippen molar-refractivity contribution in [1.82, 2.24) is 9.89 Å². The minimum Gasteiger partial charge on any atom is -0.464 e. The third-order valence-electron chi connectivity index (χ3n) is 4.31. The molecule has 4 rings (SSSR count). The van der Waals surface area contributed by atoms with Gasteiger partial charge in [-0.1, -0.05) is 35.9 Å². The molecule has 0 bridgehead atoms. The molecule has 11 heteroatoms.